The molecule has 1 aromatic carbocycles. The van der Waals surface area contributed by atoms with Gasteiger partial charge in [0, 0.05) is 0 Å². The Morgan fingerprint density at radius 3 is 2.71 bits per heavy atom. The van der Waals surface area contributed by atoms with Crippen LogP contribution in [0.1, 0.15) is 11.1 Å². The SMILES string of the molecule is Cl.Fc1ccc2c(c1Cl)CCNCC2. The molecule has 0 bridgehead atoms. The van der Waals surface area contributed by atoms with Crippen LogP contribution in [0.4, 0.5) is 4.39 Å². The van der Waals surface area contributed by atoms with Crippen LogP contribution in [0.25, 0.3) is 0 Å². The number of nitrogens with one attached hydrogen (secondary N) is 1. The first-order valence-corrected chi connectivity index (χ1v) is 4.83. The largest absolute Gasteiger partial charge is 0.316 e. The van der Waals surface area contributed by atoms with Crippen LogP contribution in [0.2, 0.25) is 5.02 Å². The summed E-state index contributed by atoms with van der Waals surface area (Å²) in [7, 11) is 0. The predicted molar refractivity (Wildman–Crippen MR) is 58.9 cm³/mol. The van der Waals surface area contributed by atoms with Gasteiger partial charge in [0.15, 0.2) is 0 Å². The van der Waals surface area contributed by atoms with Gasteiger partial charge in [-0.2, -0.15) is 0 Å². The number of rotatable bonds is 0. The number of hydrogen-bond donors (Lipinski definition) is 1. The van der Waals surface area contributed by atoms with E-state index in [4.69, 9.17) is 11.6 Å². The lowest BCUT2D eigenvalue weighted by Crippen LogP contribution is -2.16. The molecule has 4 heteroatoms. The van der Waals surface area contributed by atoms with E-state index in [-0.39, 0.29) is 18.2 Å². The molecule has 1 aromatic rings. The van der Waals surface area contributed by atoms with E-state index in [1.165, 1.54) is 11.6 Å². The Labute approximate surface area is 94.1 Å². The van der Waals surface area contributed by atoms with Crippen molar-refractivity contribution < 1.29 is 4.39 Å². The number of benzene rings is 1. The molecule has 0 aliphatic carbocycles. The fraction of sp³-hybridized carbons (Fsp3) is 0.400. The molecule has 0 radical (unpaired) electrons. The third-order valence-corrected chi connectivity index (χ3v) is 2.82. The molecule has 0 spiro atoms. The van der Waals surface area contributed by atoms with Crippen molar-refractivity contribution in [2.45, 2.75) is 12.8 Å². The topological polar surface area (TPSA) is 12.0 Å². The van der Waals surface area contributed by atoms with E-state index in [0.717, 1.165) is 31.5 Å². The minimum atomic E-state index is -0.303. The Kier molecular flexibility index (Phi) is 4.17. The summed E-state index contributed by atoms with van der Waals surface area (Å²) in [5.74, 6) is -0.303. The quantitative estimate of drug-likeness (QED) is 0.730. The van der Waals surface area contributed by atoms with Crippen molar-refractivity contribution in [1.29, 1.82) is 0 Å². The minimum absolute atomic E-state index is 0. The second kappa shape index (κ2) is 4.96. The fourth-order valence-corrected chi connectivity index (χ4v) is 1.98. The Morgan fingerprint density at radius 2 is 1.93 bits per heavy atom. The van der Waals surface area contributed by atoms with Gasteiger partial charge in [-0.15, -0.1) is 12.4 Å². The van der Waals surface area contributed by atoms with Gasteiger partial charge in [0.25, 0.3) is 0 Å². The van der Waals surface area contributed by atoms with Crippen LogP contribution in [-0.4, -0.2) is 13.1 Å². The molecule has 1 N–H and O–H groups in total. The average Bonchev–Trinajstić information content (AvgIpc) is 2.36. The Balaban J connectivity index is 0.000000980. The molecular formula is C10H12Cl2FN. The molecule has 0 saturated carbocycles. The van der Waals surface area contributed by atoms with Crippen molar-refractivity contribution >= 4 is 24.0 Å². The molecule has 0 saturated heterocycles. The van der Waals surface area contributed by atoms with Crippen molar-refractivity contribution in [3.8, 4) is 0 Å². The van der Waals surface area contributed by atoms with E-state index in [2.05, 4.69) is 5.32 Å². The summed E-state index contributed by atoms with van der Waals surface area (Å²) in [5, 5.41) is 3.57. The van der Waals surface area contributed by atoms with Gasteiger partial charge in [0.2, 0.25) is 0 Å². The van der Waals surface area contributed by atoms with Gasteiger partial charge < -0.3 is 5.32 Å². The molecule has 0 unspecified atom stereocenters. The van der Waals surface area contributed by atoms with Gasteiger partial charge in [-0.3, -0.25) is 0 Å². The fourth-order valence-electron chi connectivity index (χ4n) is 1.70. The number of fused-ring (bicyclic) bond motifs is 1. The maximum absolute atomic E-state index is 13.1. The van der Waals surface area contributed by atoms with Crippen LogP contribution in [0.3, 0.4) is 0 Å². The summed E-state index contributed by atoms with van der Waals surface area (Å²) in [6.45, 7) is 1.84. The highest BCUT2D eigenvalue weighted by molar-refractivity contribution is 6.31. The molecule has 0 aromatic heterocycles. The summed E-state index contributed by atoms with van der Waals surface area (Å²) < 4.78 is 13.1. The zero-order valence-electron chi connectivity index (χ0n) is 7.65. The van der Waals surface area contributed by atoms with Gasteiger partial charge in [0.1, 0.15) is 5.82 Å². The molecule has 78 valence electrons. The molecule has 2 rings (SSSR count). The smallest absolute Gasteiger partial charge is 0.142 e. The summed E-state index contributed by atoms with van der Waals surface area (Å²) in [6, 6.07) is 3.29. The number of halogens is 3. The van der Waals surface area contributed by atoms with Crippen molar-refractivity contribution in [2.75, 3.05) is 13.1 Å². The third kappa shape index (κ3) is 2.19. The highest BCUT2D eigenvalue weighted by Gasteiger charge is 2.13. The second-order valence-corrected chi connectivity index (χ2v) is 3.63. The molecule has 1 nitrogen and oxygen atoms in total. The van der Waals surface area contributed by atoms with E-state index >= 15 is 0 Å². The van der Waals surface area contributed by atoms with E-state index in [1.54, 1.807) is 0 Å². The first-order chi connectivity index (χ1) is 6.29. The van der Waals surface area contributed by atoms with Gasteiger partial charge in [-0.1, -0.05) is 17.7 Å². The van der Waals surface area contributed by atoms with Gasteiger partial charge >= 0.3 is 0 Å². The van der Waals surface area contributed by atoms with Crippen LogP contribution < -0.4 is 5.32 Å². The first-order valence-electron chi connectivity index (χ1n) is 4.45. The van der Waals surface area contributed by atoms with Crippen molar-refractivity contribution in [2.24, 2.45) is 0 Å². The lowest BCUT2D eigenvalue weighted by molar-refractivity contribution is 0.625. The van der Waals surface area contributed by atoms with E-state index < -0.39 is 0 Å². The molecule has 14 heavy (non-hydrogen) atoms. The van der Waals surface area contributed by atoms with E-state index in [1.807, 2.05) is 6.07 Å². The summed E-state index contributed by atoms with van der Waals surface area (Å²) in [5.41, 5.74) is 2.16. The normalized spacial score (nSPS) is 15.3. The van der Waals surface area contributed by atoms with Crippen LogP contribution in [0, 0.1) is 5.82 Å². The standard InChI is InChI=1S/C10H11ClFN.ClH/c11-10-8-4-6-13-5-3-7(8)1-2-9(10)12;/h1-2,13H,3-6H2;1H. The maximum Gasteiger partial charge on any atom is 0.142 e. The third-order valence-electron chi connectivity index (χ3n) is 2.42. The van der Waals surface area contributed by atoms with E-state index in [0.29, 0.717) is 5.02 Å². The molecule has 1 aliphatic heterocycles. The maximum atomic E-state index is 13.1. The second-order valence-electron chi connectivity index (χ2n) is 3.25. The Morgan fingerprint density at radius 1 is 1.21 bits per heavy atom. The lowest BCUT2D eigenvalue weighted by Gasteiger charge is -2.07. The zero-order chi connectivity index (χ0) is 9.26. The van der Waals surface area contributed by atoms with Crippen LogP contribution in [0.5, 0.6) is 0 Å². The Bertz CT molecular complexity index is 328. The molecule has 0 atom stereocenters. The van der Waals surface area contributed by atoms with Crippen LogP contribution in [-0.2, 0) is 12.8 Å². The predicted octanol–water partition coefficient (Wildman–Crippen LogP) is 2.59. The highest BCUT2D eigenvalue weighted by atomic mass is 35.5. The highest BCUT2D eigenvalue weighted by Crippen LogP contribution is 2.25. The molecule has 0 fully saturated rings. The molecule has 1 heterocycles. The lowest BCUT2D eigenvalue weighted by atomic mass is 10.0. The Hall–Kier alpha value is -0.310. The van der Waals surface area contributed by atoms with Crippen LogP contribution >= 0.6 is 24.0 Å². The summed E-state index contributed by atoms with van der Waals surface area (Å²) >= 11 is 5.88. The minimum Gasteiger partial charge on any atom is -0.316 e. The van der Waals surface area contributed by atoms with Crippen LogP contribution in [0.15, 0.2) is 12.1 Å². The molecule has 0 amide bonds. The van der Waals surface area contributed by atoms with Gasteiger partial charge in [0.05, 0.1) is 5.02 Å². The van der Waals surface area contributed by atoms with Crippen molar-refractivity contribution in [3.05, 3.63) is 34.1 Å². The van der Waals surface area contributed by atoms with Gasteiger partial charge in [-0.25, -0.2) is 4.39 Å². The molecular weight excluding hydrogens is 224 g/mol. The summed E-state index contributed by atoms with van der Waals surface area (Å²) in [6.07, 6.45) is 1.77. The first kappa shape index (κ1) is 11.8. The summed E-state index contributed by atoms with van der Waals surface area (Å²) in [4.78, 5) is 0. The number of hydrogen-bond acceptors (Lipinski definition) is 1. The van der Waals surface area contributed by atoms with Gasteiger partial charge in [-0.05, 0) is 43.1 Å². The average molecular weight is 236 g/mol. The van der Waals surface area contributed by atoms with E-state index in [9.17, 15) is 4.39 Å². The van der Waals surface area contributed by atoms with Crippen molar-refractivity contribution in [3.63, 3.8) is 0 Å². The molecule has 1 aliphatic rings. The zero-order valence-corrected chi connectivity index (χ0v) is 9.22. The van der Waals surface area contributed by atoms with Crippen molar-refractivity contribution in [1.82, 2.24) is 5.32 Å². The monoisotopic (exact) mass is 235 g/mol.